The highest BCUT2D eigenvalue weighted by Gasteiger charge is 2.34. The number of carbonyl (C=O) groups is 1. The van der Waals surface area contributed by atoms with Gasteiger partial charge in [-0.25, -0.2) is 0 Å². The van der Waals surface area contributed by atoms with Crippen LogP contribution in [0, 0.1) is 5.92 Å². The van der Waals surface area contributed by atoms with Gasteiger partial charge in [-0.05, 0) is 13.1 Å². The molecule has 94 valence electrons. The van der Waals surface area contributed by atoms with Crippen molar-refractivity contribution in [1.29, 1.82) is 0 Å². The van der Waals surface area contributed by atoms with Gasteiger partial charge >= 0.3 is 0 Å². The minimum Gasteiger partial charge on any atom is -0.472 e. The fraction of sp³-hybridized carbons (Fsp3) is 0.583. The summed E-state index contributed by atoms with van der Waals surface area (Å²) in [6.45, 7) is 1.68. The van der Waals surface area contributed by atoms with Crippen molar-refractivity contribution < 1.29 is 13.9 Å². The second-order valence-corrected chi connectivity index (χ2v) is 4.37. The number of nitrogens with one attached hydrogen (secondary N) is 1. The molecule has 1 aliphatic heterocycles. The SMILES string of the molecule is CNC1COCC1C(=O)N(C)Cc1ccoc1. The number of ether oxygens (including phenoxy) is 1. The molecule has 1 aliphatic rings. The van der Waals surface area contributed by atoms with Gasteiger partial charge in [0, 0.05) is 25.2 Å². The third-order valence-electron chi connectivity index (χ3n) is 3.14. The van der Waals surface area contributed by atoms with Gasteiger partial charge in [-0.2, -0.15) is 0 Å². The molecule has 2 heterocycles. The van der Waals surface area contributed by atoms with Crippen molar-refractivity contribution in [1.82, 2.24) is 10.2 Å². The Labute approximate surface area is 101 Å². The van der Waals surface area contributed by atoms with Crippen LogP contribution in [0.1, 0.15) is 5.56 Å². The standard InChI is InChI=1S/C12H18N2O3/c1-13-11-8-17-7-10(11)12(15)14(2)5-9-3-4-16-6-9/h3-4,6,10-11,13H,5,7-8H2,1-2H3. The predicted molar refractivity (Wildman–Crippen MR) is 62.3 cm³/mol. The first kappa shape index (κ1) is 12.1. The number of amides is 1. The topological polar surface area (TPSA) is 54.7 Å². The average molecular weight is 238 g/mol. The normalized spacial score (nSPS) is 23.9. The molecule has 0 saturated carbocycles. The Kier molecular flexibility index (Phi) is 3.81. The van der Waals surface area contributed by atoms with Gasteiger partial charge in [0.25, 0.3) is 0 Å². The molecule has 1 saturated heterocycles. The zero-order valence-electron chi connectivity index (χ0n) is 10.2. The Hall–Kier alpha value is -1.33. The van der Waals surface area contributed by atoms with Crippen molar-refractivity contribution in [2.24, 2.45) is 5.92 Å². The van der Waals surface area contributed by atoms with Crippen molar-refractivity contribution in [2.75, 3.05) is 27.3 Å². The summed E-state index contributed by atoms with van der Waals surface area (Å²) in [5, 5.41) is 3.12. The van der Waals surface area contributed by atoms with E-state index in [0.717, 1.165) is 5.56 Å². The smallest absolute Gasteiger partial charge is 0.229 e. The minimum absolute atomic E-state index is 0.0862. The number of furan rings is 1. The molecule has 0 aromatic carbocycles. The Morgan fingerprint density at radius 2 is 2.41 bits per heavy atom. The van der Waals surface area contributed by atoms with Gasteiger partial charge in [0.05, 0.1) is 31.7 Å². The molecule has 1 N–H and O–H groups in total. The Morgan fingerprint density at radius 1 is 1.59 bits per heavy atom. The van der Waals surface area contributed by atoms with Crippen LogP contribution in [0.2, 0.25) is 0 Å². The molecule has 2 unspecified atom stereocenters. The van der Waals surface area contributed by atoms with Crippen LogP contribution in [0.25, 0.3) is 0 Å². The first-order valence-corrected chi connectivity index (χ1v) is 5.73. The molecule has 2 rings (SSSR count). The summed E-state index contributed by atoms with van der Waals surface area (Å²) in [5.41, 5.74) is 1.00. The van der Waals surface area contributed by atoms with Crippen LogP contribution in [0.3, 0.4) is 0 Å². The fourth-order valence-electron chi connectivity index (χ4n) is 2.10. The Bertz CT molecular complexity index is 364. The largest absolute Gasteiger partial charge is 0.472 e. The van der Waals surface area contributed by atoms with Crippen molar-refractivity contribution in [3.05, 3.63) is 24.2 Å². The van der Waals surface area contributed by atoms with Gasteiger partial charge in [-0.1, -0.05) is 0 Å². The zero-order valence-corrected chi connectivity index (χ0v) is 10.2. The molecule has 5 heteroatoms. The number of hydrogen-bond donors (Lipinski definition) is 1. The highest BCUT2D eigenvalue weighted by molar-refractivity contribution is 5.79. The summed E-state index contributed by atoms with van der Waals surface area (Å²) in [6, 6.07) is 1.99. The lowest BCUT2D eigenvalue weighted by Crippen LogP contribution is -2.43. The van der Waals surface area contributed by atoms with Crippen LogP contribution in [0.5, 0.6) is 0 Å². The van der Waals surface area contributed by atoms with Crippen LogP contribution >= 0.6 is 0 Å². The van der Waals surface area contributed by atoms with Crippen molar-refractivity contribution in [3.63, 3.8) is 0 Å². The predicted octanol–water partition coefficient (Wildman–Crippen LogP) is 0.472. The third kappa shape index (κ3) is 2.68. The zero-order chi connectivity index (χ0) is 12.3. The van der Waals surface area contributed by atoms with Gasteiger partial charge in [-0.15, -0.1) is 0 Å². The molecule has 1 aromatic rings. The van der Waals surface area contributed by atoms with Gasteiger partial charge in [-0.3, -0.25) is 4.79 Å². The summed E-state index contributed by atoms with van der Waals surface area (Å²) < 4.78 is 10.3. The summed E-state index contributed by atoms with van der Waals surface area (Å²) in [7, 11) is 3.66. The van der Waals surface area contributed by atoms with Crippen molar-refractivity contribution >= 4 is 5.91 Å². The van der Waals surface area contributed by atoms with E-state index in [1.54, 1.807) is 24.5 Å². The molecule has 17 heavy (non-hydrogen) atoms. The lowest BCUT2D eigenvalue weighted by atomic mass is 10.0. The second kappa shape index (κ2) is 5.33. The number of likely N-dealkylation sites (N-methyl/N-ethyl adjacent to an activating group) is 1. The second-order valence-electron chi connectivity index (χ2n) is 4.37. The molecular weight excluding hydrogens is 220 g/mol. The lowest BCUT2D eigenvalue weighted by Gasteiger charge is -2.23. The molecule has 0 spiro atoms. The first-order chi connectivity index (χ1) is 8.22. The van der Waals surface area contributed by atoms with E-state index >= 15 is 0 Å². The van der Waals surface area contributed by atoms with E-state index in [1.165, 1.54) is 0 Å². The minimum atomic E-state index is -0.0862. The van der Waals surface area contributed by atoms with Crippen molar-refractivity contribution in [2.45, 2.75) is 12.6 Å². The van der Waals surface area contributed by atoms with E-state index < -0.39 is 0 Å². The number of carbonyl (C=O) groups excluding carboxylic acids is 1. The van der Waals surface area contributed by atoms with E-state index in [0.29, 0.717) is 19.8 Å². The molecule has 1 fully saturated rings. The fourth-order valence-corrected chi connectivity index (χ4v) is 2.10. The van der Waals surface area contributed by atoms with Gasteiger partial charge in [0.2, 0.25) is 5.91 Å². The molecule has 0 bridgehead atoms. The number of hydrogen-bond acceptors (Lipinski definition) is 4. The maximum atomic E-state index is 12.2. The van der Waals surface area contributed by atoms with E-state index in [4.69, 9.17) is 9.15 Å². The number of rotatable bonds is 4. The molecule has 2 atom stereocenters. The summed E-state index contributed by atoms with van der Waals surface area (Å²) >= 11 is 0. The lowest BCUT2D eigenvalue weighted by molar-refractivity contribution is -0.135. The first-order valence-electron chi connectivity index (χ1n) is 5.73. The van der Waals surface area contributed by atoms with Crippen LogP contribution in [-0.4, -0.2) is 44.2 Å². The quantitative estimate of drug-likeness (QED) is 0.828. The highest BCUT2D eigenvalue weighted by Crippen LogP contribution is 2.17. The van der Waals surface area contributed by atoms with Gasteiger partial charge in [0.1, 0.15) is 0 Å². The summed E-state index contributed by atoms with van der Waals surface area (Å²) in [4.78, 5) is 13.9. The maximum Gasteiger partial charge on any atom is 0.229 e. The number of nitrogens with zero attached hydrogens (tertiary/aromatic N) is 1. The van der Waals surface area contributed by atoms with E-state index in [2.05, 4.69) is 5.32 Å². The van der Waals surface area contributed by atoms with Crippen LogP contribution < -0.4 is 5.32 Å². The third-order valence-corrected chi connectivity index (χ3v) is 3.14. The van der Waals surface area contributed by atoms with E-state index in [9.17, 15) is 4.79 Å². The van der Waals surface area contributed by atoms with Gasteiger partial charge in [0.15, 0.2) is 0 Å². The molecule has 0 radical (unpaired) electrons. The summed E-state index contributed by atoms with van der Waals surface area (Å²) in [5.74, 6) is 0.0277. The molecule has 0 aliphatic carbocycles. The Morgan fingerprint density at radius 3 is 3.06 bits per heavy atom. The molecule has 1 amide bonds. The average Bonchev–Trinajstić information content (AvgIpc) is 2.97. The van der Waals surface area contributed by atoms with E-state index in [-0.39, 0.29) is 17.9 Å². The molecular formula is C12H18N2O3. The monoisotopic (exact) mass is 238 g/mol. The van der Waals surface area contributed by atoms with Crippen LogP contribution in [-0.2, 0) is 16.1 Å². The molecule has 1 aromatic heterocycles. The molecule has 5 nitrogen and oxygen atoms in total. The van der Waals surface area contributed by atoms with Crippen LogP contribution in [0.4, 0.5) is 0 Å². The highest BCUT2D eigenvalue weighted by atomic mass is 16.5. The summed E-state index contributed by atoms with van der Waals surface area (Å²) in [6.07, 6.45) is 3.27. The van der Waals surface area contributed by atoms with E-state index in [1.807, 2.05) is 13.1 Å². The Balaban J connectivity index is 1.94. The van der Waals surface area contributed by atoms with Crippen LogP contribution in [0.15, 0.2) is 23.0 Å². The maximum absolute atomic E-state index is 12.2. The van der Waals surface area contributed by atoms with Crippen molar-refractivity contribution in [3.8, 4) is 0 Å². The van der Waals surface area contributed by atoms with Gasteiger partial charge < -0.3 is 19.4 Å².